The Hall–Kier alpha value is -0.0731. The molecule has 2 unspecified atom stereocenters. The van der Waals surface area contributed by atoms with Crippen molar-refractivity contribution in [2.45, 2.75) is 39.4 Å². The maximum Gasteiger partial charge on any atom is 0.511 e. The van der Waals surface area contributed by atoms with Gasteiger partial charge in [0.1, 0.15) is 0 Å². The molecule has 0 fully saturated rings. The van der Waals surface area contributed by atoms with Crippen molar-refractivity contribution in [1.82, 2.24) is 0 Å². The maximum absolute atomic E-state index is 5.91. The van der Waals surface area contributed by atoms with E-state index in [2.05, 4.69) is 38.2 Å². The Balaban J connectivity index is 2.74. The molecule has 2 atom stereocenters. The van der Waals surface area contributed by atoms with E-state index >= 15 is 0 Å². The molecular formula is C15H28O3SSi. The third-order valence-electron chi connectivity index (χ3n) is 3.49. The first-order valence-electron chi connectivity index (χ1n) is 7.43. The van der Waals surface area contributed by atoms with Crippen LogP contribution in [0.3, 0.4) is 0 Å². The lowest BCUT2D eigenvalue weighted by Gasteiger charge is -2.36. The lowest BCUT2D eigenvalue weighted by Crippen LogP contribution is -2.50. The van der Waals surface area contributed by atoms with Gasteiger partial charge in [-0.2, -0.15) is 0 Å². The van der Waals surface area contributed by atoms with E-state index in [1.807, 2.05) is 32.5 Å². The van der Waals surface area contributed by atoms with E-state index in [0.717, 1.165) is 5.38 Å². The van der Waals surface area contributed by atoms with Crippen molar-refractivity contribution in [2.75, 3.05) is 25.2 Å². The highest BCUT2D eigenvalue weighted by Gasteiger charge is 2.43. The van der Waals surface area contributed by atoms with E-state index in [1.165, 1.54) is 0 Å². The second-order valence-electron chi connectivity index (χ2n) is 4.99. The van der Waals surface area contributed by atoms with Gasteiger partial charge < -0.3 is 13.3 Å². The molecule has 1 aliphatic carbocycles. The number of rotatable bonds is 9. The van der Waals surface area contributed by atoms with Crippen LogP contribution in [0.2, 0.25) is 0 Å². The van der Waals surface area contributed by atoms with E-state index < -0.39 is 8.80 Å². The van der Waals surface area contributed by atoms with Crippen LogP contribution in [0.25, 0.3) is 0 Å². The maximum atomic E-state index is 5.91. The van der Waals surface area contributed by atoms with Gasteiger partial charge in [-0.15, -0.1) is 11.8 Å². The quantitative estimate of drug-likeness (QED) is 0.604. The molecule has 116 valence electrons. The number of allylic oxidation sites excluding steroid dienone is 3. The first-order chi connectivity index (χ1) is 9.52. The molecule has 0 saturated heterocycles. The van der Waals surface area contributed by atoms with Crippen molar-refractivity contribution in [3.05, 3.63) is 24.3 Å². The van der Waals surface area contributed by atoms with Gasteiger partial charge in [0.15, 0.2) is 0 Å². The fraction of sp³-hybridized carbons (Fsp3) is 0.733. The summed E-state index contributed by atoms with van der Waals surface area (Å²) in [7, 11) is -2.55. The van der Waals surface area contributed by atoms with Crippen LogP contribution in [0.1, 0.15) is 34.6 Å². The summed E-state index contributed by atoms with van der Waals surface area (Å²) in [6.07, 6.45) is 8.76. The Labute approximate surface area is 129 Å². The van der Waals surface area contributed by atoms with Gasteiger partial charge in [-0.3, -0.25) is 0 Å². The molecule has 0 aromatic rings. The van der Waals surface area contributed by atoms with Crippen LogP contribution in [0.15, 0.2) is 24.3 Å². The molecule has 0 amide bonds. The Bertz CT molecular complexity index is 329. The number of hydrogen-bond acceptors (Lipinski definition) is 4. The van der Waals surface area contributed by atoms with Gasteiger partial charge in [-0.05, 0) is 33.6 Å². The highest BCUT2D eigenvalue weighted by molar-refractivity contribution is 8.02. The Morgan fingerprint density at radius 2 is 1.60 bits per heavy atom. The molecule has 1 rings (SSSR count). The summed E-state index contributed by atoms with van der Waals surface area (Å²) in [6, 6.07) is 0. The normalized spacial score (nSPS) is 26.1. The summed E-state index contributed by atoms with van der Waals surface area (Å²) in [6.45, 7) is 12.4. The van der Waals surface area contributed by atoms with Crippen molar-refractivity contribution in [1.29, 1.82) is 0 Å². The molecule has 5 heteroatoms. The Morgan fingerprint density at radius 1 is 1.05 bits per heavy atom. The van der Waals surface area contributed by atoms with E-state index in [4.69, 9.17) is 13.3 Å². The average molecular weight is 317 g/mol. The Morgan fingerprint density at radius 3 is 2.05 bits per heavy atom. The molecule has 0 bridgehead atoms. The van der Waals surface area contributed by atoms with Gasteiger partial charge in [0, 0.05) is 24.6 Å². The lowest BCUT2D eigenvalue weighted by molar-refractivity contribution is 0.0772. The van der Waals surface area contributed by atoms with E-state index in [-0.39, 0.29) is 4.75 Å². The van der Waals surface area contributed by atoms with Crippen LogP contribution in [0.4, 0.5) is 0 Å². The van der Waals surface area contributed by atoms with Crippen molar-refractivity contribution < 1.29 is 13.3 Å². The topological polar surface area (TPSA) is 27.7 Å². The highest BCUT2D eigenvalue weighted by atomic mass is 32.2. The standard InChI is InChI=1S/C15H28O3SSi/c1-6-16-20(17-7-2,18-8-3)13-19-15(5)12-10-9-11-14(15)4/h9-12,14H,6-8,13H2,1-5H3. The summed E-state index contributed by atoms with van der Waals surface area (Å²) in [5, 5.41) is 0.793. The SMILES string of the molecule is CCO[Si](CSC1(C)C=CC=CC1C)(OCC)OCC. The summed E-state index contributed by atoms with van der Waals surface area (Å²) in [4.78, 5) is 0. The van der Waals surface area contributed by atoms with Crippen LogP contribution in [-0.2, 0) is 13.3 Å². The molecule has 0 spiro atoms. The van der Waals surface area contributed by atoms with Crippen LogP contribution in [0, 0.1) is 5.92 Å². The van der Waals surface area contributed by atoms with Gasteiger partial charge >= 0.3 is 8.80 Å². The van der Waals surface area contributed by atoms with Gasteiger partial charge in [0.05, 0.1) is 5.38 Å². The van der Waals surface area contributed by atoms with Crippen molar-refractivity contribution in [2.24, 2.45) is 5.92 Å². The molecule has 20 heavy (non-hydrogen) atoms. The molecule has 0 aromatic carbocycles. The molecule has 0 saturated carbocycles. The fourth-order valence-electron chi connectivity index (χ4n) is 2.15. The zero-order valence-electron chi connectivity index (χ0n) is 13.3. The third kappa shape index (κ3) is 4.74. The van der Waals surface area contributed by atoms with Gasteiger partial charge in [0.25, 0.3) is 0 Å². The summed E-state index contributed by atoms with van der Waals surface area (Å²) in [5.74, 6) is 0.495. The van der Waals surface area contributed by atoms with Gasteiger partial charge in [-0.1, -0.05) is 31.2 Å². The van der Waals surface area contributed by atoms with Crippen LogP contribution in [-0.4, -0.2) is 38.7 Å². The largest absolute Gasteiger partial charge is 0.511 e. The molecule has 0 heterocycles. The van der Waals surface area contributed by atoms with Crippen molar-refractivity contribution in [3.63, 3.8) is 0 Å². The molecule has 0 aromatic heterocycles. The van der Waals surface area contributed by atoms with E-state index in [1.54, 1.807) is 0 Å². The highest BCUT2D eigenvalue weighted by Crippen LogP contribution is 2.39. The van der Waals surface area contributed by atoms with Gasteiger partial charge in [0.2, 0.25) is 0 Å². The predicted molar refractivity (Wildman–Crippen MR) is 88.9 cm³/mol. The molecule has 3 nitrogen and oxygen atoms in total. The Kier molecular flexibility index (Phi) is 7.54. The molecular weight excluding hydrogens is 288 g/mol. The monoisotopic (exact) mass is 316 g/mol. The molecule has 1 aliphatic rings. The summed E-state index contributed by atoms with van der Waals surface area (Å²) >= 11 is 1.88. The molecule has 0 radical (unpaired) electrons. The van der Waals surface area contributed by atoms with Crippen LogP contribution < -0.4 is 0 Å². The zero-order chi connectivity index (χ0) is 15.1. The number of thioether (sulfide) groups is 1. The predicted octanol–water partition coefficient (Wildman–Crippen LogP) is 3.83. The lowest BCUT2D eigenvalue weighted by atomic mass is 9.91. The third-order valence-corrected chi connectivity index (χ3v) is 8.80. The second kappa shape index (κ2) is 8.39. The number of hydrogen-bond donors (Lipinski definition) is 0. The van der Waals surface area contributed by atoms with E-state index in [0.29, 0.717) is 25.7 Å². The molecule has 0 N–H and O–H groups in total. The smallest absolute Gasteiger partial charge is 0.373 e. The average Bonchev–Trinajstić information content (AvgIpc) is 2.41. The summed E-state index contributed by atoms with van der Waals surface area (Å²) < 4.78 is 17.8. The fourth-order valence-corrected chi connectivity index (χ4v) is 7.19. The second-order valence-corrected chi connectivity index (χ2v) is 9.54. The van der Waals surface area contributed by atoms with E-state index in [9.17, 15) is 0 Å². The minimum Gasteiger partial charge on any atom is -0.373 e. The van der Waals surface area contributed by atoms with Crippen molar-refractivity contribution in [3.8, 4) is 0 Å². The first-order valence-corrected chi connectivity index (χ1v) is 10.4. The minimum atomic E-state index is -2.55. The van der Waals surface area contributed by atoms with Crippen molar-refractivity contribution >= 4 is 20.6 Å². The molecule has 0 aliphatic heterocycles. The zero-order valence-corrected chi connectivity index (χ0v) is 15.2. The minimum absolute atomic E-state index is 0.0817. The van der Waals surface area contributed by atoms with Crippen LogP contribution >= 0.6 is 11.8 Å². The van der Waals surface area contributed by atoms with Crippen LogP contribution in [0.5, 0.6) is 0 Å². The van der Waals surface area contributed by atoms with Gasteiger partial charge in [-0.25, -0.2) is 0 Å². The first kappa shape index (κ1) is 18.0. The summed E-state index contributed by atoms with van der Waals surface area (Å²) in [5.41, 5.74) is 0.